The number of hydrogen-bond acceptors (Lipinski definition) is 4. The minimum absolute atomic E-state index is 0.335. The Morgan fingerprint density at radius 1 is 1.43 bits per heavy atom. The lowest BCUT2D eigenvalue weighted by atomic mass is 10.3. The average molecular weight is 259 g/mol. The Labute approximate surface area is 90.7 Å². The van der Waals surface area contributed by atoms with Crippen LogP contribution in [0.5, 0.6) is 0 Å². The molecule has 0 amide bonds. The number of nitrogens with one attached hydrogen (secondary N) is 1. The second-order valence-corrected chi connectivity index (χ2v) is 3.74. The van der Waals surface area contributed by atoms with Crippen LogP contribution in [0.1, 0.15) is 12.0 Å². The van der Waals surface area contributed by atoms with Crippen LogP contribution in [0.15, 0.2) is 16.6 Å². The molecule has 2 rings (SSSR count). The van der Waals surface area contributed by atoms with Gasteiger partial charge in [0.25, 0.3) is 0 Å². The summed E-state index contributed by atoms with van der Waals surface area (Å²) in [5.41, 5.74) is 0.786. The minimum Gasteiger partial charge on any atom is -0.373 e. The molecule has 0 saturated carbocycles. The summed E-state index contributed by atoms with van der Waals surface area (Å²) in [4.78, 5) is 4.36. The van der Waals surface area contributed by atoms with E-state index in [1.165, 1.54) is 0 Å². The fourth-order valence-electron chi connectivity index (χ4n) is 1.28. The topological polar surface area (TPSA) is 43.4 Å². The van der Waals surface area contributed by atoms with Crippen LogP contribution in [0.4, 0.5) is 5.82 Å². The third-order valence-corrected chi connectivity index (χ3v) is 2.64. The highest BCUT2D eigenvalue weighted by Crippen LogP contribution is 2.29. The summed E-state index contributed by atoms with van der Waals surface area (Å²) >= 11 is 3.42. The van der Waals surface area contributed by atoms with E-state index in [0.717, 1.165) is 16.0 Å². The number of nitrogens with zero attached hydrogens (tertiary/aromatic N) is 1. The molecule has 2 heterocycles. The van der Waals surface area contributed by atoms with E-state index >= 15 is 0 Å². The lowest BCUT2D eigenvalue weighted by Gasteiger charge is -2.11. The van der Waals surface area contributed by atoms with E-state index in [1.807, 2.05) is 19.2 Å². The van der Waals surface area contributed by atoms with Gasteiger partial charge in [-0.1, -0.05) is 0 Å². The van der Waals surface area contributed by atoms with Gasteiger partial charge in [-0.05, 0) is 28.1 Å². The van der Waals surface area contributed by atoms with Crippen molar-refractivity contribution in [2.75, 3.05) is 25.6 Å². The fraction of sp³-hybridized carbons (Fsp3) is 0.444. The van der Waals surface area contributed by atoms with Gasteiger partial charge in [0.1, 0.15) is 11.5 Å². The van der Waals surface area contributed by atoms with Crippen molar-refractivity contribution in [1.82, 2.24) is 4.98 Å². The summed E-state index contributed by atoms with van der Waals surface area (Å²) in [6, 6.07) is 3.82. The van der Waals surface area contributed by atoms with Gasteiger partial charge in [0.15, 0.2) is 0 Å². The van der Waals surface area contributed by atoms with Crippen LogP contribution in [0.3, 0.4) is 0 Å². The molecular weight excluding hydrogens is 248 g/mol. The predicted octanol–water partition coefficient (Wildman–Crippen LogP) is 1.93. The zero-order valence-electron chi connectivity index (χ0n) is 7.79. The van der Waals surface area contributed by atoms with E-state index in [2.05, 4.69) is 26.2 Å². The summed E-state index contributed by atoms with van der Waals surface area (Å²) in [5, 5.41) is 2.97. The van der Waals surface area contributed by atoms with Crippen molar-refractivity contribution in [2.45, 2.75) is 6.29 Å². The fourth-order valence-corrected chi connectivity index (χ4v) is 1.69. The van der Waals surface area contributed by atoms with E-state index in [1.54, 1.807) is 0 Å². The molecule has 1 aromatic rings. The van der Waals surface area contributed by atoms with Gasteiger partial charge in [-0.2, -0.15) is 0 Å². The molecule has 4 nitrogen and oxygen atoms in total. The molecular formula is C9H11BrN2O2. The zero-order valence-corrected chi connectivity index (χ0v) is 9.37. The number of rotatable bonds is 2. The van der Waals surface area contributed by atoms with Gasteiger partial charge in [-0.15, -0.1) is 0 Å². The number of pyridine rings is 1. The maximum absolute atomic E-state index is 5.38. The monoisotopic (exact) mass is 258 g/mol. The third kappa shape index (κ3) is 1.89. The van der Waals surface area contributed by atoms with Crippen LogP contribution in [-0.4, -0.2) is 25.2 Å². The largest absolute Gasteiger partial charge is 0.373 e. The van der Waals surface area contributed by atoms with Gasteiger partial charge >= 0.3 is 0 Å². The molecule has 1 aliphatic heterocycles. The number of aromatic nitrogens is 1. The van der Waals surface area contributed by atoms with Crippen molar-refractivity contribution in [3.8, 4) is 0 Å². The Morgan fingerprint density at radius 3 is 2.79 bits per heavy atom. The van der Waals surface area contributed by atoms with E-state index in [4.69, 9.17) is 9.47 Å². The van der Waals surface area contributed by atoms with Crippen LogP contribution < -0.4 is 5.32 Å². The lowest BCUT2D eigenvalue weighted by molar-refractivity contribution is -0.0477. The molecule has 0 aliphatic carbocycles. The first-order valence-electron chi connectivity index (χ1n) is 4.38. The molecule has 76 valence electrons. The van der Waals surface area contributed by atoms with Crippen LogP contribution in [0, 0.1) is 0 Å². The van der Waals surface area contributed by atoms with Crippen molar-refractivity contribution in [1.29, 1.82) is 0 Å². The van der Waals surface area contributed by atoms with E-state index in [9.17, 15) is 0 Å². The molecule has 1 fully saturated rings. The van der Waals surface area contributed by atoms with Crippen molar-refractivity contribution in [2.24, 2.45) is 0 Å². The van der Waals surface area contributed by atoms with Gasteiger partial charge in [-0.3, -0.25) is 0 Å². The Hall–Kier alpha value is -0.650. The van der Waals surface area contributed by atoms with Gasteiger partial charge < -0.3 is 14.8 Å². The van der Waals surface area contributed by atoms with E-state index in [0.29, 0.717) is 13.2 Å². The van der Waals surface area contributed by atoms with Gasteiger partial charge in [0, 0.05) is 11.5 Å². The maximum Gasteiger partial charge on any atom is 0.202 e. The van der Waals surface area contributed by atoms with Gasteiger partial charge in [0.2, 0.25) is 6.29 Å². The summed E-state index contributed by atoms with van der Waals surface area (Å²) in [6.07, 6.45) is -0.335. The molecule has 1 saturated heterocycles. The molecule has 0 bridgehead atoms. The second kappa shape index (κ2) is 4.25. The first kappa shape index (κ1) is 9.89. The highest BCUT2D eigenvalue weighted by Gasteiger charge is 2.22. The molecule has 1 aliphatic rings. The Morgan fingerprint density at radius 2 is 2.14 bits per heavy atom. The number of anilines is 1. The van der Waals surface area contributed by atoms with Crippen LogP contribution in [0.2, 0.25) is 0 Å². The minimum atomic E-state index is -0.335. The first-order valence-corrected chi connectivity index (χ1v) is 5.18. The SMILES string of the molecule is CNc1ccc(Br)c(C2OCCO2)n1. The summed E-state index contributed by atoms with van der Waals surface area (Å²) in [6.45, 7) is 1.26. The molecule has 0 spiro atoms. The van der Waals surface area contributed by atoms with Crippen LogP contribution in [-0.2, 0) is 9.47 Å². The normalized spacial score (nSPS) is 17.3. The lowest BCUT2D eigenvalue weighted by Crippen LogP contribution is -2.04. The van der Waals surface area contributed by atoms with Crippen molar-refractivity contribution in [3.05, 3.63) is 22.3 Å². The molecule has 0 radical (unpaired) electrons. The number of halogens is 1. The van der Waals surface area contributed by atoms with Crippen LogP contribution in [0.25, 0.3) is 0 Å². The number of ether oxygens (including phenoxy) is 2. The van der Waals surface area contributed by atoms with Crippen LogP contribution >= 0.6 is 15.9 Å². The second-order valence-electron chi connectivity index (χ2n) is 2.89. The summed E-state index contributed by atoms with van der Waals surface area (Å²) in [7, 11) is 1.83. The zero-order chi connectivity index (χ0) is 9.97. The number of hydrogen-bond donors (Lipinski definition) is 1. The van der Waals surface area contributed by atoms with E-state index < -0.39 is 0 Å². The highest BCUT2D eigenvalue weighted by atomic mass is 79.9. The molecule has 1 N–H and O–H groups in total. The Kier molecular flexibility index (Phi) is 3.00. The average Bonchev–Trinajstić information content (AvgIpc) is 2.71. The third-order valence-electron chi connectivity index (χ3n) is 1.97. The van der Waals surface area contributed by atoms with Gasteiger partial charge in [0.05, 0.1) is 13.2 Å². The first-order chi connectivity index (χ1) is 6.81. The van der Waals surface area contributed by atoms with Gasteiger partial charge in [-0.25, -0.2) is 4.98 Å². The molecule has 1 aromatic heterocycles. The highest BCUT2D eigenvalue weighted by molar-refractivity contribution is 9.10. The molecule has 0 atom stereocenters. The maximum atomic E-state index is 5.38. The quantitative estimate of drug-likeness (QED) is 0.881. The van der Waals surface area contributed by atoms with Crippen molar-refractivity contribution >= 4 is 21.7 Å². The molecule has 0 unspecified atom stereocenters. The molecule has 5 heteroatoms. The summed E-state index contributed by atoms with van der Waals surface area (Å²) in [5.74, 6) is 0.808. The standard InChI is InChI=1S/C9H11BrN2O2/c1-11-7-3-2-6(10)8(12-7)9-13-4-5-14-9/h2-3,9H,4-5H2,1H3,(H,11,12). The molecule has 14 heavy (non-hydrogen) atoms. The van der Waals surface area contributed by atoms with E-state index in [-0.39, 0.29) is 6.29 Å². The van der Waals surface area contributed by atoms with Crippen molar-refractivity contribution < 1.29 is 9.47 Å². The Balaban J connectivity index is 2.29. The summed E-state index contributed by atoms with van der Waals surface area (Å²) < 4.78 is 11.7. The Bertz CT molecular complexity index is 327. The molecule has 0 aromatic carbocycles. The smallest absolute Gasteiger partial charge is 0.202 e. The predicted molar refractivity (Wildman–Crippen MR) is 56.1 cm³/mol. The van der Waals surface area contributed by atoms with Crippen molar-refractivity contribution in [3.63, 3.8) is 0 Å².